The molecule has 1 fully saturated rings. The maximum Gasteiger partial charge on any atom is 0.290 e. The highest BCUT2D eigenvalue weighted by Gasteiger charge is 2.33. The lowest BCUT2D eigenvalue weighted by Gasteiger charge is -2.26. The Morgan fingerprint density at radius 3 is 2.88 bits per heavy atom. The third kappa shape index (κ3) is 2.24. The zero-order valence-electron chi connectivity index (χ0n) is 9.20. The van der Waals surface area contributed by atoms with Crippen LogP contribution in [-0.4, -0.2) is 28.2 Å². The molecule has 5 heteroatoms. The first kappa shape index (κ1) is 11.1. The number of nitrogens with zero attached hydrogens (tertiary/aromatic N) is 1. The molecule has 0 bridgehead atoms. The Morgan fingerprint density at radius 2 is 2.25 bits per heavy atom. The van der Waals surface area contributed by atoms with Crippen LogP contribution in [0.25, 0.3) is 0 Å². The Bertz CT molecular complexity index is 396. The molecular formula is C11H17N3O2. The van der Waals surface area contributed by atoms with Gasteiger partial charge in [0, 0.05) is 24.4 Å². The van der Waals surface area contributed by atoms with Crippen LogP contribution in [0.4, 0.5) is 5.82 Å². The third-order valence-electron chi connectivity index (χ3n) is 3.34. The van der Waals surface area contributed by atoms with Crippen LogP contribution >= 0.6 is 0 Å². The number of H-pyrrole nitrogens is 1. The minimum atomic E-state index is -0.214. The van der Waals surface area contributed by atoms with Crippen LogP contribution in [-0.2, 0) is 0 Å². The number of aromatic amines is 1. The number of aliphatic hydroxyl groups is 1. The lowest BCUT2D eigenvalue weighted by Crippen LogP contribution is -2.32. The first-order chi connectivity index (χ1) is 7.76. The van der Waals surface area contributed by atoms with Crippen molar-refractivity contribution >= 4 is 5.82 Å². The van der Waals surface area contributed by atoms with Gasteiger partial charge in [-0.1, -0.05) is 12.8 Å². The Hall–Kier alpha value is -1.36. The molecule has 0 unspecified atom stereocenters. The van der Waals surface area contributed by atoms with Crippen molar-refractivity contribution in [3.05, 3.63) is 22.7 Å². The molecule has 16 heavy (non-hydrogen) atoms. The molecule has 1 aliphatic carbocycles. The number of rotatable bonds is 4. The van der Waals surface area contributed by atoms with E-state index in [2.05, 4.69) is 15.3 Å². The predicted molar refractivity (Wildman–Crippen MR) is 61.3 cm³/mol. The maximum atomic E-state index is 11.4. The number of hydrogen-bond acceptors (Lipinski definition) is 4. The summed E-state index contributed by atoms with van der Waals surface area (Å²) in [6.07, 6.45) is 7.39. The second kappa shape index (κ2) is 4.65. The van der Waals surface area contributed by atoms with E-state index in [9.17, 15) is 9.90 Å². The summed E-state index contributed by atoms with van der Waals surface area (Å²) in [4.78, 5) is 17.9. The molecule has 1 aromatic heterocycles. The van der Waals surface area contributed by atoms with Gasteiger partial charge in [-0.3, -0.25) is 4.79 Å². The molecule has 0 saturated heterocycles. The topological polar surface area (TPSA) is 78.0 Å². The van der Waals surface area contributed by atoms with Crippen LogP contribution < -0.4 is 10.9 Å². The monoisotopic (exact) mass is 223 g/mol. The highest BCUT2D eigenvalue weighted by atomic mass is 16.3. The molecule has 0 aliphatic heterocycles. The van der Waals surface area contributed by atoms with Gasteiger partial charge >= 0.3 is 0 Å². The number of aliphatic hydroxyl groups excluding tert-OH is 1. The molecule has 0 atom stereocenters. The summed E-state index contributed by atoms with van der Waals surface area (Å²) in [5.41, 5.74) is -0.280. The highest BCUT2D eigenvalue weighted by Crippen LogP contribution is 2.37. The summed E-state index contributed by atoms with van der Waals surface area (Å²) in [6.45, 7) is 0.786. The van der Waals surface area contributed by atoms with Crippen molar-refractivity contribution in [1.29, 1.82) is 0 Å². The fourth-order valence-electron chi connectivity index (χ4n) is 2.26. The van der Waals surface area contributed by atoms with Gasteiger partial charge in [0.25, 0.3) is 5.56 Å². The fourth-order valence-corrected chi connectivity index (χ4v) is 2.26. The van der Waals surface area contributed by atoms with E-state index in [1.807, 2.05) is 0 Å². The first-order valence-electron chi connectivity index (χ1n) is 5.64. The molecule has 3 N–H and O–H groups in total. The van der Waals surface area contributed by atoms with Gasteiger partial charge in [0.2, 0.25) is 0 Å². The van der Waals surface area contributed by atoms with Crippen molar-refractivity contribution in [3.63, 3.8) is 0 Å². The summed E-state index contributed by atoms with van der Waals surface area (Å²) in [5, 5.41) is 12.4. The zero-order chi connectivity index (χ0) is 11.4. The van der Waals surface area contributed by atoms with E-state index in [1.165, 1.54) is 6.20 Å². The first-order valence-corrected chi connectivity index (χ1v) is 5.64. The minimum Gasteiger partial charge on any atom is -0.396 e. The Balaban J connectivity index is 2.01. The second-order valence-corrected chi connectivity index (χ2v) is 4.49. The van der Waals surface area contributed by atoms with Crippen molar-refractivity contribution in [2.75, 3.05) is 18.5 Å². The van der Waals surface area contributed by atoms with Gasteiger partial charge in [0.15, 0.2) is 5.82 Å². The molecule has 0 spiro atoms. The van der Waals surface area contributed by atoms with E-state index in [4.69, 9.17) is 0 Å². The largest absolute Gasteiger partial charge is 0.396 e. The standard InChI is InChI=1S/C11H17N3O2/c15-8-11(3-1-2-4-11)7-14-9-10(16)13-6-5-12-9/h5-6,15H,1-4,7-8H2,(H,12,14)(H,13,16). The molecular weight excluding hydrogens is 206 g/mol. The van der Waals surface area contributed by atoms with Crippen LogP contribution in [0.1, 0.15) is 25.7 Å². The van der Waals surface area contributed by atoms with Crippen molar-refractivity contribution in [1.82, 2.24) is 9.97 Å². The van der Waals surface area contributed by atoms with E-state index < -0.39 is 0 Å². The van der Waals surface area contributed by atoms with E-state index >= 15 is 0 Å². The van der Waals surface area contributed by atoms with Crippen LogP contribution in [0.3, 0.4) is 0 Å². The molecule has 88 valence electrons. The van der Waals surface area contributed by atoms with Gasteiger partial charge < -0.3 is 15.4 Å². The normalized spacial score (nSPS) is 18.6. The molecule has 5 nitrogen and oxygen atoms in total. The molecule has 1 aromatic rings. The second-order valence-electron chi connectivity index (χ2n) is 4.49. The lowest BCUT2D eigenvalue weighted by molar-refractivity contribution is 0.142. The Kier molecular flexibility index (Phi) is 3.24. The van der Waals surface area contributed by atoms with Crippen LogP contribution in [0, 0.1) is 5.41 Å². The molecule has 1 heterocycles. The van der Waals surface area contributed by atoms with Crippen molar-refractivity contribution in [3.8, 4) is 0 Å². The Morgan fingerprint density at radius 1 is 1.50 bits per heavy atom. The van der Waals surface area contributed by atoms with Crippen LogP contribution in [0.2, 0.25) is 0 Å². The van der Waals surface area contributed by atoms with Gasteiger partial charge in [0.1, 0.15) is 0 Å². The van der Waals surface area contributed by atoms with E-state index in [0.29, 0.717) is 12.4 Å². The number of nitrogens with one attached hydrogen (secondary N) is 2. The summed E-state index contributed by atoms with van der Waals surface area (Å²) in [6, 6.07) is 0. The summed E-state index contributed by atoms with van der Waals surface area (Å²) in [7, 11) is 0. The molecule has 1 saturated carbocycles. The fraction of sp³-hybridized carbons (Fsp3) is 0.636. The molecule has 0 amide bonds. The number of hydrogen-bond donors (Lipinski definition) is 3. The molecule has 0 aromatic carbocycles. The number of aromatic nitrogens is 2. The van der Waals surface area contributed by atoms with E-state index in [-0.39, 0.29) is 17.6 Å². The summed E-state index contributed by atoms with van der Waals surface area (Å²) in [5.74, 6) is 0.335. The maximum absolute atomic E-state index is 11.4. The van der Waals surface area contributed by atoms with Crippen molar-refractivity contribution in [2.45, 2.75) is 25.7 Å². The van der Waals surface area contributed by atoms with E-state index in [0.717, 1.165) is 25.7 Å². The average Bonchev–Trinajstić information content (AvgIpc) is 2.78. The van der Waals surface area contributed by atoms with Gasteiger partial charge in [-0.25, -0.2) is 4.98 Å². The van der Waals surface area contributed by atoms with Gasteiger partial charge in [-0.05, 0) is 12.8 Å². The lowest BCUT2D eigenvalue weighted by atomic mass is 9.87. The Labute approximate surface area is 93.9 Å². The van der Waals surface area contributed by atoms with Crippen molar-refractivity contribution in [2.24, 2.45) is 5.41 Å². The average molecular weight is 223 g/mol. The minimum absolute atomic E-state index is 0.0655. The highest BCUT2D eigenvalue weighted by molar-refractivity contribution is 5.30. The summed E-state index contributed by atoms with van der Waals surface area (Å²) >= 11 is 0. The third-order valence-corrected chi connectivity index (χ3v) is 3.34. The quantitative estimate of drug-likeness (QED) is 0.703. The zero-order valence-corrected chi connectivity index (χ0v) is 9.20. The van der Waals surface area contributed by atoms with Gasteiger partial charge in [0.05, 0.1) is 6.61 Å². The summed E-state index contributed by atoms with van der Waals surface area (Å²) < 4.78 is 0. The SMILES string of the molecule is O=c1[nH]ccnc1NCC1(CO)CCCC1. The molecule has 0 radical (unpaired) electrons. The van der Waals surface area contributed by atoms with Crippen LogP contribution in [0.5, 0.6) is 0 Å². The number of anilines is 1. The van der Waals surface area contributed by atoms with Gasteiger partial charge in [-0.2, -0.15) is 0 Å². The molecule has 1 aliphatic rings. The molecule has 2 rings (SSSR count). The van der Waals surface area contributed by atoms with Crippen molar-refractivity contribution < 1.29 is 5.11 Å². The smallest absolute Gasteiger partial charge is 0.290 e. The van der Waals surface area contributed by atoms with Crippen LogP contribution in [0.15, 0.2) is 17.2 Å². The predicted octanol–water partition coefficient (Wildman–Crippen LogP) is 0.734. The van der Waals surface area contributed by atoms with Gasteiger partial charge in [-0.15, -0.1) is 0 Å². The van der Waals surface area contributed by atoms with E-state index in [1.54, 1.807) is 6.20 Å².